The minimum absolute atomic E-state index is 0.287. The van der Waals surface area contributed by atoms with Crippen LogP contribution in [0, 0.1) is 5.82 Å². The Morgan fingerprint density at radius 1 is 1.12 bits per heavy atom. The number of aromatic hydroxyl groups is 1. The third-order valence-corrected chi connectivity index (χ3v) is 4.57. The van der Waals surface area contributed by atoms with E-state index in [-0.39, 0.29) is 5.76 Å². The highest BCUT2D eigenvalue weighted by Gasteiger charge is 2.57. The van der Waals surface area contributed by atoms with Gasteiger partial charge in [-0.1, -0.05) is 35.5 Å². The number of aliphatic carboxylic acids is 1. The van der Waals surface area contributed by atoms with Gasteiger partial charge in [0.1, 0.15) is 11.1 Å². The molecule has 1 aliphatic carbocycles. The Morgan fingerprint density at radius 3 is 2.44 bits per heavy atom. The summed E-state index contributed by atoms with van der Waals surface area (Å²) in [5.74, 6) is -1.91. The summed E-state index contributed by atoms with van der Waals surface area (Å²) in [6, 6.07) is 13.1. The quantitative estimate of drug-likeness (QED) is 0.751. The molecule has 1 fully saturated rings. The van der Waals surface area contributed by atoms with E-state index >= 15 is 0 Å². The largest absolute Gasteiger partial charge is 0.505 e. The van der Waals surface area contributed by atoms with E-state index in [0.717, 1.165) is 11.6 Å². The number of carboxylic acids is 1. The van der Waals surface area contributed by atoms with E-state index in [2.05, 4.69) is 5.16 Å². The van der Waals surface area contributed by atoms with Crippen molar-refractivity contribution < 1.29 is 23.9 Å². The molecule has 0 spiro atoms. The van der Waals surface area contributed by atoms with Crippen LogP contribution in [0.1, 0.15) is 18.6 Å². The van der Waals surface area contributed by atoms with Crippen molar-refractivity contribution in [3.8, 4) is 28.1 Å². The summed E-state index contributed by atoms with van der Waals surface area (Å²) in [6.07, 6.45) is 0.946. The van der Waals surface area contributed by atoms with Crippen LogP contribution in [0.3, 0.4) is 0 Å². The number of carboxylic acid groups (broad SMARTS) is 1. The van der Waals surface area contributed by atoms with E-state index in [0.29, 0.717) is 29.7 Å². The van der Waals surface area contributed by atoms with Crippen LogP contribution in [-0.2, 0) is 10.2 Å². The molecule has 0 saturated heterocycles. The minimum Gasteiger partial charge on any atom is -0.505 e. The Bertz CT molecular complexity index is 961. The molecular weight excluding hydrogens is 325 g/mol. The number of aromatic nitrogens is 1. The van der Waals surface area contributed by atoms with Crippen LogP contribution in [0.4, 0.5) is 4.39 Å². The highest BCUT2D eigenvalue weighted by molar-refractivity contribution is 5.91. The van der Waals surface area contributed by atoms with Crippen molar-refractivity contribution >= 4 is 5.97 Å². The summed E-state index contributed by atoms with van der Waals surface area (Å²) in [7, 11) is 0. The van der Waals surface area contributed by atoms with Crippen LogP contribution in [0.25, 0.3) is 22.4 Å². The molecule has 2 N–H and O–H groups in total. The molecular formula is C19H14FNO4. The standard InChI is InChI=1S/C19H14FNO4/c20-13-10-12(6-7-14(13)22)16-15(11-4-2-1-3-5-11)17(25-21-16)19(8-9-19)18(23)24/h1-7,10,22H,8-9H2,(H,23,24). The van der Waals surface area contributed by atoms with Crippen LogP contribution in [0.2, 0.25) is 0 Å². The Balaban J connectivity index is 1.95. The molecule has 0 amide bonds. The van der Waals surface area contributed by atoms with Gasteiger partial charge in [-0.3, -0.25) is 4.79 Å². The fourth-order valence-corrected chi connectivity index (χ4v) is 3.00. The highest BCUT2D eigenvalue weighted by atomic mass is 19.1. The van der Waals surface area contributed by atoms with Crippen molar-refractivity contribution in [1.29, 1.82) is 0 Å². The molecule has 0 aliphatic heterocycles. The van der Waals surface area contributed by atoms with Gasteiger partial charge in [0.25, 0.3) is 0 Å². The zero-order valence-electron chi connectivity index (χ0n) is 13.1. The van der Waals surface area contributed by atoms with E-state index in [1.165, 1.54) is 12.1 Å². The van der Waals surface area contributed by atoms with Crippen LogP contribution in [-0.4, -0.2) is 21.3 Å². The van der Waals surface area contributed by atoms with Crippen molar-refractivity contribution in [2.24, 2.45) is 0 Å². The number of carbonyl (C=O) groups is 1. The summed E-state index contributed by atoms with van der Waals surface area (Å²) in [4.78, 5) is 11.7. The number of nitrogens with zero attached hydrogens (tertiary/aromatic N) is 1. The van der Waals surface area contributed by atoms with E-state index < -0.39 is 23.0 Å². The second-order valence-electron chi connectivity index (χ2n) is 6.15. The molecule has 0 unspecified atom stereocenters. The molecule has 2 aromatic carbocycles. The topological polar surface area (TPSA) is 83.6 Å². The van der Waals surface area contributed by atoms with Gasteiger partial charge < -0.3 is 14.7 Å². The fraction of sp³-hybridized carbons (Fsp3) is 0.158. The van der Waals surface area contributed by atoms with Gasteiger partial charge in [-0.05, 0) is 36.6 Å². The molecule has 126 valence electrons. The zero-order valence-corrected chi connectivity index (χ0v) is 13.1. The number of hydrogen-bond acceptors (Lipinski definition) is 4. The fourth-order valence-electron chi connectivity index (χ4n) is 3.00. The lowest BCUT2D eigenvalue weighted by atomic mass is 9.92. The number of hydrogen-bond donors (Lipinski definition) is 2. The zero-order chi connectivity index (χ0) is 17.6. The molecule has 4 rings (SSSR count). The Kier molecular flexibility index (Phi) is 3.35. The number of halogens is 1. The van der Waals surface area contributed by atoms with E-state index in [9.17, 15) is 19.4 Å². The van der Waals surface area contributed by atoms with Gasteiger partial charge in [0, 0.05) is 5.56 Å². The van der Waals surface area contributed by atoms with Gasteiger partial charge in [-0.25, -0.2) is 4.39 Å². The maximum absolute atomic E-state index is 13.8. The second kappa shape index (κ2) is 5.44. The number of benzene rings is 2. The second-order valence-corrected chi connectivity index (χ2v) is 6.15. The van der Waals surface area contributed by atoms with Crippen molar-refractivity contribution in [2.45, 2.75) is 18.3 Å². The monoisotopic (exact) mass is 339 g/mol. The molecule has 0 radical (unpaired) electrons. The highest BCUT2D eigenvalue weighted by Crippen LogP contribution is 2.53. The molecule has 1 heterocycles. The first-order chi connectivity index (χ1) is 12.0. The van der Waals surface area contributed by atoms with Crippen LogP contribution in [0.15, 0.2) is 53.1 Å². The molecule has 25 heavy (non-hydrogen) atoms. The average molecular weight is 339 g/mol. The summed E-state index contributed by atoms with van der Waals surface area (Å²) < 4.78 is 19.2. The van der Waals surface area contributed by atoms with Crippen molar-refractivity contribution in [3.63, 3.8) is 0 Å². The SMILES string of the molecule is O=C(O)C1(c2onc(-c3ccc(O)c(F)c3)c2-c2ccccc2)CC1. The molecule has 5 nitrogen and oxygen atoms in total. The molecule has 1 aliphatic rings. The third kappa shape index (κ3) is 2.38. The van der Waals surface area contributed by atoms with E-state index in [1.54, 1.807) is 0 Å². The van der Waals surface area contributed by atoms with Gasteiger partial charge in [-0.15, -0.1) is 0 Å². The van der Waals surface area contributed by atoms with E-state index in [4.69, 9.17) is 4.52 Å². The van der Waals surface area contributed by atoms with Gasteiger partial charge >= 0.3 is 5.97 Å². The molecule has 6 heteroatoms. The first-order valence-corrected chi connectivity index (χ1v) is 7.81. The molecule has 1 saturated carbocycles. The average Bonchev–Trinajstić information content (AvgIpc) is 3.31. The lowest BCUT2D eigenvalue weighted by Gasteiger charge is -2.10. The summed E-state index contributed by atoms with van der Waals surface area (Å²) in [5, 5.41) is 23.0. The van der Waals surface area contributed by atoms with Crippen molar-refractivity contribution in [1.82, 2.24) is 5.16 Å². The van der Waals surface area contributed by atoms with Gasteiger partial charge in [0.2, 0.25) is 0 Å². The number of phenolic OH excluding ortho intramolecular Hbond substituents is 1. The summed E-state index contributed by atoms with van der Waals surface area (Å²) in [6.45, 7) is 0. The smallest absolute Gasteiger partial charge is 0.317 e. The number of rotatable bonds is 4. The summed E-state index contributed by atoms with van der Waals surface area (Å²) in [5.41, 5.74) is 0.977. The molecule has 3 aromatic rings. The maximum atomic E-state index is 13.8. The molecule has 1 aromatic heterocycles. The van der Waals surface area contributed by atoms with Crippen molar-refractivity contribution in [3.05, 3.63) is 60.1 Å². The minimum atomic E-state index is -1.08. The predicted octanol–water partition coefficient (Wildman–Crippen LogP) is 3.97. The van der Waals surface area contributed by atoms with Gasteiger partial charge in [0.15, 0.2) is 17.3 Å². The van der Waals surface area contributed by atoms with Crippen molar-refractivity contribution in [2.75, 3.05) is 0 Å². The molecule has 0 atom stereocenters. The maximum Gasteiger partial charge on any atom is 0.317 e. The predicted molar refractivity (Wildman–Crippen MR) is 87.5 cm³/mol. The number of phenols is 1. The Hall–Kier alpha value is -3.15. The van der Waals surface area contributed by atoms with Crippen LogP contribution in [0.5, 0.6) is 5.75 Å². The molecule has 0 bridgehead atoms. The van der Waals surface area contributed by atoms with Crippen LogP contribution < -0.4 is 0 Å². The first-order valence-electron chi connectivity index (χ1n) is 7.81. The summed E-state index contributed by atoms with van der Waals surface area (Å²) >= 11 is 0. The van der Waals surface area contributed by atoms with Gasteiger partial charge in [0.05, 0.1) is 5.56 Å². The lowest BCUT2D eigenvalue weighted by molar-refractivity contribution is -0.140. The Labute approximate surface area is 142 Å². The van der Waals surface area contributed by atoms with Crippen LogP contribution >= 0.6 is 0 Å². The Morgan fingerprint density at radius 2 is 1.84 bits per heavy atom. The normalized spacial score (nSPS) is 15.1. The van der Waals surface area contributed by atoms with E-state index in [1.807, 2.05) is 30.3 Å². The third-order valence-electron chi connectivity index (χ3n) is 4.57. The lowest BCUT2D eigenvalue weighted by Crippen LogP contribution is -2.19. The van der Waals surface area contributed by atoms with Gasteiger partial charge in [-0.2, -0.15) is 0 Å². The first kappa shape index (κ1) is 15.4.